The summed E-state index contributed by atoms with van der Waals surface area (Å²) in [5.41, 5.74) is 1.75. The van der Waals surface area contributed by atoms with Gasteiger partial charge in [-0.25, -0.2) is 13.4 Å². The first-order valence-corrected chi connectivity index (χ1v) is 13.9. The van der Waals surface area contributed by atoms with Crippen molar-refractivity contribution in [1.29, 1.82) is 0 Å². The van der Waals surface area contributed by atoms with Crippen molar-refractivity contribution in [3.05, 3.63) is 60.2 Å². The Morgan fingerprint density at radius 3 is 2.69 bits per heavy atom. The van der Waals surface area contributed by atoms with Crippen molar-refractivity contribution < 1.29 is 17.9 Å². The SMILES string of the molecule is COc1cccc(CNC(=O)[C@@H]2CCCN(c3ccc4cc(S(=O)(=O)N5CCCC5)ccc4n3)C2)c1. The van der Waals surface area contributed by atoms with Gasteiger partial charge in [0.2, 0.25) is 15.9 Å². The Hall–Kier alpha value is -3.17. The van der Waals surface area contributed by atoms with Crippen LogP contribution in [0.2, 0.25) is 0 Å². The van der Waals surface area contributed by atoms with Crippen LogP contribution in [0.5, 0.6) is 5.75 Å². The number of amides is 1. The molecule has 2 aliphatic heterocycles. The van der Waals surface area contributed by atoms with Gasteiger partial charge in [0, 0.05) is 38.1 Å². The van der Waals surface area contributed by atoms with E-state index in [4.69, 9.17) is 9.72 Å². The fourth-order valence-corrected chi connectivity index (χ4v) is 6.58. The molecule has 190 valence electrons. The number of fused-ring (bicyclic) bond motifs is 1. The molecule has 1 atom stereocenters. The van der Waals surface area contributed by atoms with Gasteiger partial charge in [0.15, 0.2) is 0 Å². The summed E-state index contributed by atoms with van der Waals surface area (Å²) in [7, 11) is -1.83. The van der Waals surface area contributed by atoms with E-state index >= 15 is 0 Å². The molecule has 0 unspecified atom stereocenters. The molecule has 8 nitrogen and oxygen atoms in total. The van der Waals surface area contributed by atoms with Gasteiger partial charge in [0.1, 0.15) is 11.6 Å². The number of benzene rings is 2. The van der Waals surface area contributed by atoms with Gasteiger partial charge in [-0.1, -0.05) is 12.1 Å². The lowest BCUT2D eigenvalue weighted by molar-refractivity contribution is -0.125. The highest BCUT2D eigenvalue weighted by atomic mass is 32.2. The van der Waals surface area contributed by atoms with Crippen molar-refractivity contribution in [2.24, 2.45) is 5.92 Å². The second-order valence-electron chi connectivity index (χ2n) is 9.49. The smallest absolute Gasteiger partial charge is 0.243 e. The Bertz CT molecular complexity index is 1350. The predicted octanol–water partition coefficient (Wildman–Crippen LogP) is 3.56. The van der Waals surface area contributed by atoms with Crippen LogP contribution in [0.15, 0.2) is 59.5 Å². The summed E-state index contributed by atoms with van der Waals surface area (Å²) in [5.74, 6) is 1.51. The molecule has 0 aliphatic carbocycles. The van der Waals surface area contributed by atoms with Gasteiger partial charge in [-0.3, -0.25) is 4.79 Å². The molecule has 1 aromatic heterocycles. The third-order valence-corrected chi connectivity index (χ3v) is 8.96. The molecule has 0 spiro atoms. The summed E-state index contributed by atoms with van der Waals surface area (Å²) >= 11 is 0. The Kier molecular flexibility index (Phi) is 7.11. The van der Waals surface area contributed by atoms with Crippen molar-refractivity contribution in [2.75, 3.05) is 38.2 Å². The van der Waals surface area contributed by atoms with E-state index in [2.05, 4.69) is 10.2 Å². The molecular weight excluding hydrogens is 476 g/mol. The molecule has 0 bridgehead atoms. The minimum absolute atomic E-state index is 0.0417. The first kappa shape index (κ1) is 24.5. The van der Waals surface area contributed by atoms with Gasteiger partial charge < -0.3 is 15.0 Å². The van der Waals surface area contributed by atoms with Crippen molar-refractivity contribution >= 4 is 32.7 Å². The maximum absolute atomic E-state index is 12.9. The van der Waals surface area contributed by atoms with E-state index in [1.54, 1.807) is 29.6 Å². The van der Waals surface area contributed by atoms with Gasteiger partial charge in [-0.15, -0.1) is 0 Å². The highest BCUT2D eigenvalue weighted by molar-refractivity contribution is 7.89. The second kappa shape index (κ2) is 10.4. The van der Waals surface area contributed by atoms with E-state index in [0.717, 1.165) is 60.3 Å². The van der Waals surface area contributed by atoms with Crippen molar-refractivity contribution in [3.8, 4) is 5.75 Å². The molecule has 1 N–H and O–H groups in total. The Labute approximate surface area is 212 Å². The number of hydrogen-bond acceptors (Lipinski definition) is 6. The fraction of sp³-hybridized carbons (Fsp3) is 0.407. The normalized spacial score (nSPS) is 18.9. The van der Waals surface area contributed by atoms with Crippen LogP contribution in [0.25, 0.3) is 10.9 Å². The summed E-state index contributed by atoms with van der Waals surface area (Å²) in [6, 6.07) is 16.7. The van der Waals surface area contributed by atoms with Gasteiger partial charge >= 0.3 is 0 Å². The number of methoxy groups -OCH3 is 1. The lowest BCUT2D eigenvalue weighted by Crippen LogP contribution is -2.43. The van der Waals surface area contributed by atoms with E-state index in [1.807, 2.05) is 36.4 Å². The Morgan fingerprint density at radius 2 is 1.89 bits per heavy atom. The second-order valence-corrected chi connectivity index (χ2v) is 11.4. The summed E-state index contributed by atoms with van der Waals surface area (Å²) in [6.45, 7) is 3.06. The standard InChI is InChI=1S/C27H32N4O4S/c1-35-23-8-4-6-20(16-23)18-28-27(32)22-7-5-13-30(19-22)26-12-9-21-17-24(10-11-25(21)29-26)36(33,34)31-14-2-3-15-31/h4,6,8-12,16-17,22H,2-3,5,7,13-15,18-19H2,1H3,(H,28,32)/t22-/m1/s1. The maximum atomic E-state index is 12.9. The lowest BCUT2D eigenvalue weighted by atomic mass is 9.97. The Balaban J connectivity index is 1.26. The fourth-order valence-electron chi connectivity index (χ4n) is 5.02. The largest absolute Gasteiger partial charge is 0.497 e. The number of rotatable bonds is 7. The van der Waals surface area contributed by atoms with E-state index in [1.165, 1.54) is 0 Å². The molecule has 2 aromatic carbocycles. The summed E-state index contributed by atoms with van der Waals surface area (Å²) in [4.78, 5) is 20.2. The third kappa shape index (κ3) is 5.17. The third-order valence-electron chi connectivity index (χ3n) is 7.07. The number of carbonyl (C=O) groups is 1. The van der Waals surface area contributed by atoms with Crippen LogP contribution in [0.1, 0.15) is 31.2 Å². The number of carbonyl (C=O) groups excluding carboxylic acids is 1. The number of aromatic nitrogens is 1. The highest BCUT2D eigenvalue weighted by Gasteiger charge is 2.28. The van der Waals surface area contributed by atoms with E-state index in [0.29, 0.717) is 31.1 Å². The van der Waals surface area contributed by atoms with Crippen LogP contribution < -0.4 is 15.0 Å². The minimum atomic E-state index is -3.46. The van der Waals surface area contributed by atoms with E-state index in [-0.39, 0.29) is 11.8 Å². The summed E-state index contributed by atoms with van der Waals surface area (Å²) in [5, 5.41) is 3.86. The summed E-state index contributed by atoms with van der Waals surface area (Å²) < 4.78 is 32.7. The van der Waals surface area contributed by atoms with Gasteiger partial charge in [0.25, 0.3) is 0 Å². The number of hydrogen-bond donors (Lipinski definition) is 1. The quantitative estimate of drug-likeness (QED) is 0.525. The van der Waals surface area contributed by atoms with E-state index < -0.39 is 10.0 Å². The molecule has 2 aliphatic rings. The number of ether oxygens (including phenoxy) is 1. The topological polar surface area (TPSA) is 91.8 Å². The van der Waals surface area contributed by atoms with Crippen molar-refractivity contribution in [3.63, 3.8) is 0 Å². The molecule has 2 saturated heterocycles. The zero-order valence-corrected chi connectivity index (χ0v) is 21.3. The van der Waals surface area contributed by atoms with Crippen LogP contribution in [0.3, 0.4) is 0 Å². The van der Waals surface area contributed by atoms with Crippen LogP contribution in [-0.2, 0) is 21.4 Å². The zero-order valence-electron chi connectivity index (χ0n) is 20.5. The number of anilines is 1. The lowest BCUT2D eigenvalue weighted by Gasteiger charge is -2.33. The monoisotopic (exact) mass is 508 g/mol. The van der Waals surface area contributed by atoms with Crippen LogP contribution in [0, 0.1) is 5.92 Å². The Morgan fingerprint density at radius 1 is 1.06 bits per heavy atom. The average molecular weight is 509 g/mol. The molecule has 1 amide bonds. The summed E-state index contributed by atoms with van der Waals surface area (Å²) in [6.07, 6.45) is 3.57. The predicted molar refractivity (Wildman–Crippen MR) is 140 cm³/mol. The zero-order chi connectivity index (χ0) is 25.1. The van der Waals surface area contributed by atoms with Gasteiger partial charge in [-0.2, -0.15) is 4.31 Å². The maximum Gasteiger partial charge on any atom is 0.243 e. The highest BCUT2D eigenvalue weighted by Crippen LogP contribution is 2.27. The molecular formula is C27H32N4O4S. The number of pyridine rings is 1. The molecule has 2 fully saturated rings. The number of sulfonamides is 1. The number of nitrogens with one attached hydrogen (secondary N) is 1. The van der Waals surface area contributed by atoms with Crippen LogP contribution >= 0.6 is 0 Å². The first-order chi connectivity index (χ1) is 17.4. The molecule has 0 radical (unpaired) electrons. The first-order valence-electron chi connectivity index (χ1n) is 12.5. The van der Waals surface area contributed by atoms with Crippen molar-refractivity contribution in [1.82, 2.24) is 14.6 Å². The van der Waals surface area contributed by atoms with Gasteiger partial charge in [-0.05, 0) is 73.7 Å². The minimum Gasteiger partial charge on any atom is -0.497 e. The molecule has 5 rings (SSSR count). The van der Waals surface area contributed by atoms with Gasteiger partial charge in [0.05, 0.1) is 23.4 Å². The van der Waals surface area contributed by atoms with E-state index in [9.17, 15) is 13.2 Å². The molecule has 3 aromatic rings. The molecule has 0 saturated carbocycles. The molecule has 36 heavy (non-hydrogen) atoms. The molecule has 9 heteroatoms. The number of nitrogens with zero attached hydrogens (tertiary/aromatic N) is 3. The van der Waals surface area contributed by atoms with Crippen LogP contribution in [0.4, 0.5) is 5.82 Å². The number of piperidine rings is 1. The van der Waals surface area contributed by atoms with Crippen molar-refractivity contribution in [2.45, 2.75) is 37.1 Å². The van der Waals surface area contributed by atoms with Crippen LogP contribution in [-0.4, -0.2) is 56.9 Å². The molecule has 3 heterocycles. The average Bonchev–Trinajstić information content (AvgIpc) is 3.47.